The monoisotopic (exact) mass is 247 g/mol. The van der Waals surface area contributed by atoms with E-state index in [1.54, 1.807) is 13.8 Å². The van der Waals surface area contributed by atoms with Crippen LogP contribution in [0.15, 0.2) is 24.3 Å². The van der Waals surface area contributed by atoms with Crippen LogP contribution in [0, 0.1) is 5.41 Å². The van der Waals surface area contributed by atoms with Crippen LogP contribution in [0.5, 0.6) is 0 Å². The zero-order chi connectivity index (χ0) is 13.3. The van der Waals surface area contributed by atoms with E-state index in [-0.39, 0.29) is 12.1 Å². The number of nitrogens with two attached hydrogens (primary N) is 1. The van der Waals surface area contributed by atoms with Crippen molar-refractivity contribution in [3.05, 3.63) is 35.4 Å². The molecule has 0 aliphatic carbocycles. The summed E-state index contributed by atoms with van der Waals surface area (Å²) in [7, 11) is 0. The van der Waals surface area contributed by atoms with Gasteiger partial charge >= 0.3 is 6.18 Å². The molecule has 0 heterocycles. The molecule has 1 aromatic carbocycles. The van der Waals surface area contributed by atoms with E-state index in [1.807, 2.05) is 0 Å². The molecule has 0 aliphatic heterocycles. The van der Waals surface area contributed by atoms with Gasteiger partial charge in [0.25, 0.3) is 0 Å². The summed E-state index contributed by atoms with van der Waals surface area (Å²) in [6.45, 7) is 3.60. The Morgan fingerprint density at radius 3 is 2.35 bits per heavy atom. The molecule has 0 spiro atoms. The number of alkyl halides is 3. The van der Waals surface area contributed by atoms with Crippen LogP contribution in [-0.2, 0) is 6.18 Å². The number of hydrogen-bond donors (Lipinski definition) is 2. The van der Waals surface area contributed by atoms with Crippen LogP contribution in [0.25, 0.3) is 0 Å². The van der Waals surface area contributed by atoms with Gasteiger partial charge in [-0.15, -0.1) is 0 Å². The summed E-state index contributed by atoms with van der Waals surface area (Å²) >= 11 is 0. The highest BCUT2D eigenvalue weighted by Gasteiger charge is 2.33. The average molecular weight is 247 g/mol. The molecule has 0 radical (unpaired) electrons. The Morgan fingerprint density at radius 1 is 1.29 bits per heavy atom. The molecule has 96 valence electrons. The fourth-order valence-electron chi connectivity index (χ4n) is 1.45. The first kappa shape index (κ1) is 14.0. The molecule has 1 rings (SSSR count). The molecule has 0 aromatic heterocycles. The lowest BCUT2D eigenvalue weighted by atomic mass is 9.82. The van der Waals surface area contributed by atoms with Crippen LogP contribution in [0.3, 0.4) is 0 Å². The van der Waals surface area contributed by atoms with E-state index in [0.717, 1.165) is 12.1 Å². The number of halogens is 3. The van der Waals surface area contributed by atoms with Crippen molar-refractivity contribution in [3.8, 4) is 0 Å². The summed E-state index contributed by atoms with van der Waals surface area (Å²) in [6, 6.07) is 4.69. The molecule has 0 saturated heterocycles. The summed E-state index contributed by atoms with van der Waals surface area (Å²) in [5.74, 6) is 0. The van der Waals surface area contributed by atoms with Crippen LogP contribution in [0.1, 0.15) is 31.1 Å². The number of aliphatic hydroxyl groups is 1. The first-order chi connectivity index (χ1) is 7.68. The minimum Gasteiger partial charge on any atom is -0.388 e. The third-order valence-electron chi connectivity index (χ3n) is 2.80. The smallest absolute Gasteiger partial charge is 0.388 e. The van der Waals surface area contributed by atoms with E-state index in [1.165, 1.54) is 12.1 Å². The van der Waals surface area contributed by atoms with E-state index >= 15 is 0 Å². The molecule has 2 nitrogen and oxygen atoms in total. The number of rotatable bonds is 3. The lowest BCUT2D eigenvalue weighted by Crippen LogP contribution is -2.30. The van der Waals surface area contributed by atoms with Gasteiger partial charge in [0.05, 0.1) is 11.7 Å². The van der Waals surface area contributed by atoms with Crippen molar-refractivity contribution in [3.63, 3.8) is 0 Å². The minimum absolute atomic E-state index is 0.185. The molecule has 1 aromatic rings. The molecule has 1 atom stereocenters. The van der Waals surface area contributed by atoms with E-state index in [2.05, 4.69) is 0 Å². The Labute approximate surface area is 98.3 Å². The van der Waals surface area contributed by atoms with Crippen LogP contribution < -0.4 is 5.73 Å². The quantitative estimate of drug-likeness (QED) is 0.862. The number of benzene rings is 1. The van der Waals surface area contributed by atoms with Crippen molar-refractivity contribution in [2.45, 2.75) is 26.1 Å². The maximum absolute atomic E-state index is 12.5. The lowest BCUT2D eigenvalue weighted by Gasteiger charge is -2.29. The molecule has 17 heavy (non-hydrogen) atoms. The van der Waals surface area contributed by atoms with Gasteiger partial charge in [-0.1, -0.05) is 26.0 Å². The Morgan fingerprint density at radius 2 is 1.88 bits per heavy atom. The van der Waals surface area contributed by atoms with Gasteiger partial charge in [-0.3, -0.25) is 0 Å². The average Bonchev–Trinajstić information content (AvgIpc) is 2.27. The molecule has 3 N–H and O–H groups in total. The van der Waals surface area contributed by atoms with Crippen LogP contribution >= 0.6 is 0 Å². The van der Waals surface area contributed by atoms with Gasteiger partial charge in [-0.2, -0.15) is 13.2 Å². The Bertz CT molecular complexity index is 388. The Hall–Kier alpha value is -1.07. The van der Waals surface area contributed by atoms with Crippen molar-refractivity contribution in [2.75, 3.05) is 6.54 Å². The zero-order valence-electron chi connectivity index (χ0n) is 9.75. The molecule has 0 bridgehead atoms. The molecule has 0 amide bonds. The van der Waals surface area contributed by atoms with Crippen molar-refractivity contribution >= 4 is 0 Å². The highest BCUT2D eigenvalue weighted by Crippen LogP contribution is 2.35. The topological polar surface area (TPSA) is 46.2 Å². The Kier molecular flexibility index (Phi) is 3.84. The second-order valence-corrected chi connectivity index (χ2v) is 4.72. The summed E-state index contributed by atoms with van der Waals surface area (Å²) in [6.07, 6.45) is -5.42. The summed E-state index contributed by atoms with van der Waals surface area (Å²) in [5.41, 5.74) is 4.29. The van der Waals surface area contributed by atoms with Gasteiger partial charge in [0, 0.05) is 12.0 Å². The fraction of sp³-hybridized carbons (Fsp3) is 0.500. The first-order valence-electron chi connectivity index (χ1n) is 5.24. The molecular weight excluding hydrogens is 231 g/mol. The normalized spacial score (nSPS) is 14.8. The fourth-order valence-corrected chi connectivity index (χ4v) is 1.45. The highest BCUT2D eigenvalue weighted by molar-refractivity contribution is 5.28. The predicted molar refractivity (Wildman–Crippen MR) is 59.2 cm³/mol. The van der Waals surface area contributed by atoms with Gasteiger partial charge in [0.2, 0.25) is 0 Å². The van der Waals surface area contributed by atoms with Crippen LogP contribution in [0.2, 0.25) is 0 Å². The second kappa shape index (κ2) is 4.66. The van der Waals surface area contributed by atoms with E-state index in [4.69, 9.17) is 5.73 Å². The highest BCUT2D eigenvalue weighted by atomic mass is 19.4. The molecule has 1 unspecified atom stereocenters. The largest absolute Gasteiger partial charge is 0.416 e. The molecule has 0 fully saturated rings. The van der Waals surface area contributed by atoms with Gasteiger partial charge < -0.3 is 10.8 Å². The van der Waals surface area contributed by atoms with Gasteiger partial charge in [-0.05, 0) is 17.7 Å². The predicted octanol–water partition coefficient (Wildman–Crippen LogP) is 2.72. The minimum atomic E-state index is -4.40. The molecule has 0 saturated carbocycles. The van der Waals surface area contributed by atoms with Crippen LogP contribution in [-0.4, -0.2) is 11.7 Å². The molecule has 5 heteroatoms. The zero-order valence-corrected chi connectivity index (χ0v) is 9.75. The summed E-state index contributed by atoms with van der Waals surface area (Å²) in [4.78, 5) is 0. The van der Waals surface area contributed by atoms with Crippen molar-refractivity contribution in [1.29, 1.82) is 0 Å². The second-order valence-electron chi connectivity index (χ2n) is 4.72. The maximum atomic E-state index is 12.5. The van der Waals surface area contributed by atoms with E-state index in [0.29, 0.717) is 0 Å². The Balaban J connectivity index is 3.08. The molecular formula is C12H16F3NO. The third kappa shape index (κ3) is 3.20. The lowest BCUT2D eigenvalue weighted by molar-refractivity contribution is -0.137. The third-order valence-corrected chi connectivity index (χ3v) is 2.80. The standard InChI is InChI=1S/C12H16F3NO/c1-11(2,7-16)10(17)8-4-3-5-9(6-8)12(13,14)15/h3-6,10,17H,7,16H2,1-2H3. The first-order valence-corrected chi connectivity index (χ1v) is 5.24. The van der Waals surface area contributed by atoms with Crippen molar-refractivity contribution in [2.24, 2.45) is 11.1 Å². The number of aliphatic hydroxyl groups excluding tert-OH is 1. The molecule has 0 aliphatic rings. The van der Waals surface area contributed by atoms with E-state index in [9.17, 15) is 18.3 Å². The van der Waals surface area contributed by atoms with Crippen molar-refractivity contribution in [1.82, 2.24) is 0 Å². The van der Waals surface area contributed by atoms with Gasteiger partial charge in [0.15, 0.2) is 0 Å². The van der Waals surface area contributed by atoms with Gasteiger partial charge in [-0.25, -0.2) is 0 Å². The summed E-state index contributed by atoms with van der Waals surface area (Å²) in [5, 5.41) is 9.99. The SMILES string of the molecule is CC(C)(CN)C(O)c1cccc(C(F)(F)F)c1. The van der Waals surface area contributed by atoms with Crippen molar-refractivity contribution < 1.29 is 18.3 Å². The van der Waals surface area contributed by atoms with Crippen LogP contribution in [0.4, 0.5) is 13.2 Å². The summed E-state index contributed by atoms with van der Waals surface area (Å²) < 4.78 is 37.5. The maximum Gasteiger partial charge on any atom is 0.416 e. The number of hydrogen-bond acceptors (Lipinski definition) is 2. The van der Waals surface area contributed by atoms with E-state index < -0.39 is 23.3 Å². The van der Waals surface area contributed by atoms with Gasteiger partial charge in [0.1, 0.15) is 0 Å².